The largest absolute Gasteiger partial charge is 0.326 e. The second-order valence-electron chi connectivity index (χ2n) is 9.30. The first-order valence-corrected chi connectivity index (χ1v) is 13.0. The van der Waals surface area contributed by atoms with Crippen LogP contribution >= 0.6 is 0 Å². The quantitative estimate of drug-likeness (QED) is 0.327. The van der Waals surface area contributed by atoms with E-state index in [0.717, 1.165) is 25.1 Å². The number of hydrogen-bond donors (Lipinski definition) is 1. The molecule has 0 amide bonds. The van der Waals surface area contributed by atoms with Gasteiger partial charge in [0.05, 0.1) is 0 Å². The van der Waals surface area contributed by atoms with Crippen LogP contribution in [0.3, 0.4) is 0 Å². The van der Waals surface area contributed by atoms with Gasteiger partial charge in [0, 0.05) is 34.3 Å². The molecule has 1 aliphatic heterocycles. The van der Waals surface area contributed by atoms with E-state index in [9.17, 15) is 0 Å². The molecule has 4 unspecified atom stereocenters. The Kier molecular flexibility index (Phi) is 10.3. The van der Waals surface area contributed by atoms with Crippen molar-refractivity contribution in [1.82, 2.24) is 10.2 Å². The molecule has 0 spiro atoms. The van der Waals surface area contributed by atoms with Gasteiger partial charge < -0.3 is 15.1 Å². The fraction of sp³-hybridized carbons (Fsp3) is 0.452. The molecular weight excluding hydrogens is 428 g/mol. The predicted molar refractivity (Wildman–Crippen MR) is 154 cm³/mol. The number of piperidine rings is 1. The minimum Gasteiger partial charge on any atom is -0.326 e. The van der Waals surface area contributed by atoms with Gasteiger partial charge in [-0.05, 0) is 65.2 Å². The van der Waals surface area contributed by atoms with E-state index in [4.69, 9.17) is 0 Å². The summed E-state index contributed by atoms with van der Waals surface area (Å²) in [5.74, 6) is 1.16. The lowest BCUT2D eigenvalue weighted by atomic mass is 9.71. The molecular formula is C31H46N4. The smallest absolute Gasteiger partial charge is 0.126 e. The highest BCUT2D eigenvalue weighted by Gasteiger charge is 2.75. The monoisotopic (exact) mass is 474 g/mol. The van der Waals surface area contributed by atoms with E-state index in [-0.39, 0.29) is 17.0 Å². The molecule has 0 bridgehead atoms. The van der Waals surface area contributed by atoms with Gasteiger partial charge >= 0.3 is 0 Å². The van der Waals surface area contributed by atoms with Crippen LogP contribution in [-0.2, 0) is 0 Å². The number of likely N-dealkylation sites (tertiary alicyclic amines) is 1. The zero-order chi connectivity index (χ0) is 26.1. The predicted octanol–water partition coefficient (Wildman–Crippen LogP) is 7.52. The number of allylic oxidation sites excluding steroid dienone is 7. The Morgan fingerprint density at radius 2 is 1.91 bits per heavy atom. The number of rotatable bonds is 7. The Labute approximate surface area is 214 Å². The van der Waals surface area contributed by atoms with E-state index in [0.29, 0.717) is 5.92 Å². The van der Waals surface area contributed by atoms with Crippen LogP contribution in [-0.4, -0.2) is 31.9 Å². The first-order valence-electron chi connectivity index (χ1n) is 13.0. The number of anilines is 1. The molecule has 2 fully saturated rings. The highest BCUT2D eigenvalue weighted by molar-refractivity contribution is 5.55. The molecule has 4 heteroatoms. The van der Waals surface area contributed by atoms with Crippen LogP contribution < -0.4 is 10.2 Å². The maximum atomic E-state index is 4.31. The van der Waals surface area contributed by atoms with Gasteiger partial charge in [0.15, 0.2) is 0 Å². The molecule has 2 aliphatic carbocycles. The molecule has 3 aliphatic rings. The van der Waals surface area contributed by atoms with Gasteiger partial charge in [-0.15, -0.1) is 0 Å². The molecule has 4 atom stereocenters. The van der Waals surface area contributed by atoms with E-state index >= 15 is 0 Å². The number of hydrogen-bond acceptors (Lipinski definition) is 4. The number of nitrogens with zero attached hydrogens (tertiary/aromatic N) is 3. The summed E-state index contributed by atoms with van der Waals surface area (Å²) in [7, 11) is 3.75. The number of fused-ring (bicyclic) bond motifs is 3. The molecule has 1 heterocycles. The van der Waals surface area contributed by atoms with Crippen LogP contribution in [0.5, 0.6) is 0 Å². The van der Waals surface area contributed by atoms with E-state index in [2.05, 4.69) is 127 Å². The second-order valence-corrected chi connectivity index (χ2v) is 9.30. The van der Waals surface area contributed by atoms with E-state index < -0.39 is 0 Å². The number of nitrogens with one attached hydrogen (secondary N) is 1. The van der Waals surface area contributed by atoms with Crippen molar-refractivity contribution in [3.8, 4) is 0 Å². The third-order valence-electron chi connectivity index (χ3n) is 7.18. The molecule has 4 rings (SSSR count). The molecule has 190 valence electrons. The second kappa shape index (κ2) is 12.7. The van der Waals surface area contributed by atoms with E-state index in [1.54, 1.807) is 0 Å². The van der Waals surface area contributed by atoms with Gasteiger partial charge in [0.1, 0.15) is 12.0 Å². The van der Waals surface area contributed by atoms with Crippen LogP contribution in [0.1, 0.15) is 53.9 Å². The first kappa shape index (κ1) is 28.4. The first-order chi connectivity index (χ1) is 17.0. The van der Waals surface area contributed by atoms with Gasteiger partial charge in [-0.1, -0.05) is 82.9 Å². The van der Waals surface area contributed by atoms with E-state index in [1.807, 2.05) is 27.9 Å². The Morgan fingerprint density at radius 1 is 1.26 bits per heavy atom. The third-order valence-corrected chi connectivity index (χ3v) is 7.18. The van der Waals surface area contributed by atoms with Gasteiger partial charge in [0.2, 0.25) is 0 Å². The van der Waals surface area contributed by atoms with Crippen LogP contribution in [0.4, 0.5) is 5.69 Å². The summed E-state index contributed by atoms with van der Waals surface area (Å²) in [6.45, 7) is 18.9. The normalized spacial score (nSPS) is 28.1. The van der Waals surface area contributed by atoms with Crippen molar-refractivity contribution >= 4 is 12.4 Å². The minimum atomic E-state index is 0.0643. The standard InChI is InChI=1S/C27H33N3.C2H7N.C2H6/c1-6-8-18-27-20-26(27,4)25(29(19-7-2)22-14-10-9-11-15-22)30(21(3)28-5)24-17-13-12-16-23(24)27;1-3-2;1-2/h7-15,17-19,23,25H,3,5-6,16,20H2,1-2,4H3;3H,1-2H3;1-2H3/b18-8?,19-7-;;. The minimum absolute atomic E-state index is 0.0643. The fourth-order valence-electron chi connectivity index (χ4n) is 5.74. The molecule has 0 aromatic heterocycles. The third kappa shape index (κ3) is 5.23. The summed E-state index contributed by atoms with van der Waals surface area (Å²) >= 11 is 0. The van der Waals surface area contributed by atoms with E-state index in [1.165, 1.54) is 11.4 Å². The highest BCUT2D eigenvalue weighted by atomic mass is 15.4. The summed E-state index contributed by atoms with van der Waals surface area (Å²) < 4.78 is 0. The molecule has 1 saturated carbocycles. The number of benzene rings is 1. The number of para-hydroxylation sites is 1. The maximum absolute atomic E-state index is 4.31. The molecule has 1 saturated heterocycles. The van der Waals surface area contributed by atoms with Crippen LogP contribution in [0.2, 0.25) is 0 Å². The molecule has 35 heavy (non-hydrogen) atoms. The summed E-state index contributed by atoms with van der Waals surface area (Å²) in [5.41, 5.74) is 2.70. The summed E-state index contributed by atoms with van der Waals surface area (Å²) in [6.07, 6.45) is 19.3. The highest BCUT2D eigenvalue weighted by Crippen LogP contribution is 2.77. The van der Waals surface area contributed by atoms with Gasteiger partial charge in [-0.25, -0.2) is 4.99 Å². The van der Waals surface area contributed by atoms with Crippen molar-refractivity contribution in [2.75, 3.05) is 19.0 Å². The van der Waals surface area contributed by atoms with Gasteiger partial charge in [0.25, 0.3) is 0 Å². The fourth-order valence-corrected chi connectivity index (χ4v) is 5.74. The molecule has 4 nitrogen and oxygen atoms in total. The Hall–Kier alpha value is -2.85. The van der Waals surface area contributed by atoms with Gasteiger partial charge in [-0.3, -0.25) is 0 Å². The van der Waals surface area contributed by atoms with Crippen molar-refractivity contribution in [3.05, 3.63) is 91.1 Å². The van der Waals surface area contributed by atoms with Crippen molar-refractivity contribution in [3.63, 3.8) is 0 Å². The van der Waals surface area contributed by atoms with Crippen molar-refractivity contribution in [2.24, 2.45) is 21.7 Å². The Morgan fingerprint density at radius 3 is 2.49 bits per heavy atom. The summed E-state index contributed by atoms with van der Waals surface area (Å²) in [4.78, 5) is 9.05. The average molecular weight is 475 g/mol. The summed E-state index contributed by atoms with van der Waals surface area (Å²) in [5, 5.41) is 2.75. The Bertz CT molecular complexity index is 957. The lowest BCUT2D eigenvalue weighted by Crippen LogP contribution is -2.57. The molecule has 0 radical (unpaired) electrons. The van der Waals surface area contributed by atoms with Crippen molar-refractivity contribution < 1.29 is 0 Å². The lowest BCUT2D eigenvalue weighted by Gasteiger charge is -2.53. The number of aliphatic imine (C=N–C) groups is 1. The molecule has 1 N–H and O–H groups in total. The van der Waals surface area contributed by atoms with Crippen molar-refractivity contribution in [1.29, 1.82) is 0 Å². The van der Waals surface area contributed by atoms with Crippen LogP contribution in [0.15, 0.2) is 96.1 Å². The topological polar surface area (TPSA) is 30.9 Å². The zero-order valence-corrected chi connectivity index (χ0v) is 23.0. The summed E-state index contributed by atoms with van der Waals surface area (Å²) in [6, 6.07) is 10.6. The average Bonchev–Trinajstić information content (AvgIpc) is 3.53. The van der Waals surface area contributed by atoms with Crippen LogP contribution in [0, 0.1) is 16.7 Å². The zero-order valence-electron chi connectivity index (χ0n) is 23.0. The Balaban J connectivity index is 0.000000803. The lowest BCUT2D eigenvalue weighted by molar-refractivity contribution is 0.104. The molecule has 1 aromatic rings. The molecule has 1 aromatic carbocycles. The van der Waals surface area contributed by atoms with Crippen LogP contribution in [0.25, 0.3) is 0 Å². The van der Waals surface area contributed by atoms with Gasteiger partial charge in [-0.2, -0.15) is 0 Å². The maximum Gasteiger partial charge on any atom is 0.126 e. The SMILES string of the molecule is C=NC(=C)N1C2=CC=CCC2C2(C=CCC)CC2(C)C1N(/C=C\C)c1ccccc1.CC.CNC. The van der Waals surface area contributed by atoms with Crippen molar-refractivity contribution in [2.45, 2.75) is 60.0 Å².